The van der Waals surface area contributed by atoms with Gasteiger partial charge in [-0.1, -0.05) is 140 Å². The molecule has 0 spiro atoms. The van der Waals surface area contributed by atoms with Gasteiger partial charge in [-0.25, -0.2) is 9.98 Å². The van der Waals surface area contributed by atoms with E-state index in [0.29, 0.717) is 5.84 Å². The topological polar surface area (TPSA) is 61.5 Å². The molecule has 0 aliphatic heterocycles. The maximum Gasteiger partial charge on any atom is 0.161 e. The number of fused-ring (bicyclic) bond motifs is 3. The summed E-state index contributed by atoms with van der Waals surface area (Å²) in [6.07, 6.45) is 1.87. The second kappa shape index (κ2) is 14.0. The van der Waals surface area contributed by atoms with E-state index in [0.717, 1.165) is 55.9 Å². The van der Waals surface area contributed by atoms with Gasteiger partial charge in [-0.2, -0.15) is 0 Å². The number of nitrogens with one attached hydrogen (secondary N) is 1. The van der Waals surface area contributed by atoms with Crippen LogP contribution in [0.5, 0.6) is 0 Å². The van der Waals surface area contributed by atoms with E-state index in [9.17, 15) is 0 Å². The summed E-state index contributed by atoms with van der Waals surface area (Å²) in [7, 11) is 0. The van der Waals surface area contributed by atoms with Crippen LogP contribution in [0.15, 0.2) is 186 Å². The number of nitrogens with zero attached hydrogens (tertiary/aromatic N) is 3. The van der Waals surface area contributed by atoms with Gasteiger partial charge in [0.15, 0.2) is 11.7 Å². The standard InChI is InChI=1S/C47H34N4/c1-32-13-12-22-45(50-32)35-25-23-34(24-26-35)39-27-33(31-49-47(37-16-6-3-7-17-37)51-46(48)36-14-4-2-5-15-36)28-40(29-39)44-30-38-18-8-9-19-41(38)42-20-10-11-21-43(42)44/h2-31,48H,1H3. The van der Waals surface area contributed by atoms with Crippen molar-refractivity contribution in [1.29, 1.82) is 5.41 Å². The minimum atomic E-state index is 0.159. The van der Waals surface area contributed by atoms with E-state index in [1.807, 2.05) is 92.0 Å². The first-order chi connectivity index (χ1) is 25.1. The van der Waals surface area contributed by atoms with E-state index in [4.69, 9.17) is 20.4 Å². The van der Waals surface area contributed by atoms with Gasteiger partial charge < -0.3 is 0 Å². The van der Waals surface area contributed by atoms with Crippen LogP contribution in [0.25, 0.3) is 55.1 Å². The molecular weight excluding hydrogens is 621 g/mol. The third kappa shape index (κ3) is 6.76. The summed E-state index contributed by atoms with van der Waals surface area (Å²) in [5, 5.41) is 13.6. The Morgan fingerprint density at radius 2 is 1.16 bits per heavy atom. The molecule has 0 aliphatic carbocycles. The molecule has 242 valence electrons. The van der Waals surface area contributed by atoms with Gasteiger partial charge in [0.25, 0.3) is 0 Å². The van der Waals surface area contributed by atoms with Crippen LogP contribution in [0.3, 0.4) is 0 Å². The van der Waals surface area contributed by atoms with Crippen molar-refractivity contribution >= 4 is 39.4 Å². The molecule has 0 radical (unpaired) electrons. The molecule has 0 atom stereocenters. The van der Waals surface area contributed by atoms with Gasteiger partial charge >= 0.3 is 0 Å². The van der Waals surface area contributed by atoms with Crippen LogP contribution in [0, 0.1) is 12.3 Å². The summed E-state index contributed by atoms with van der Waals surface area (Å²) in [5.74, 6) is 0.634. The molecule has 7 aromatic carbocycles. The molecule has 1 aromatic heterocycles. The van der Waals surface area contributed by atoms with Gasteiger partial charge in [-0.3, -0.25) is 10.4 Å². The Morgan fingerprint density at radius 3 is 1.90 bits per heavy atom. The number of rotatable bonds is 6. The molecule has 0 saturated heterocycles. The Balaban J connectivity index is 1.28. The first-order valence-corrected chi connectivity index (χ1v) is 17.0. The van der Waals surface area contributed by atoms with Gasteiger partial charge in [-0.05, 0) is 92.7 Å². The molecule has 51 heavy (non-hydrogen) atoms. The SMILES string of the molecule is Cc1cccc(-c2ccc(-c3cc(C=NC(=NC(=N)c4ccccc4)c4ccccc4)cc(-c4cc5ccccc5c5ccccc45)c3)cc2)n1. The zero-order valence-electron chi connectivity index (χ0n) is 28.2. The van der Waals surface area contributed by atoms with Crippen LogP contribution < -0.4 is 0 Å². The molecule has 0 saturated carbocycles. The van der Waals surface area contributed by atoms with Gasteiger partial charge in [0.2, 0.25) is 0 Å². The third-order valence-electron chi connectivity index (χ3n) is 9.07. The average Bonchev–Trinajstić information content (AvgIpc) is 3.19. The Labute approximate surface area is 297 Å². The van der Waals surface area contributed by atoms with Crippen molar-refractivity contribution in [2.75, 3.05) is 0 Å². The largest absolute Gasteiger partial charge is 0.282 e. The summed E-state index contributed by atoms with van der Waals surface area (Å²) >= 11 is 0. The van der Waals surface area contributed by atoms with Crippen LogP contribution in [0.2, 0.25) is 0 Å². The van der Waals surface area contributed by atoms with Gasteiger partial charge in [0.05, 0.1) is 5.69 Å². The lowest BCUT2D eigenvalue weighted by Crippen LogP contribution is -2.04. The number of aryl methyl sites for hydroxylation is 1. The number of pyridine rings is 1. The number of amidine groups is 2. The first kappa shape index (κ1) is 31.5. The number of benzene rings is 7. The summed E-state index contributed by atoms with van der Waals surface area (Å²) < 4.78 is 0. The quantitative estimate of drug-likeness (QED) is 0.108. The monoisotopic (exact) mass is 654 g/mol. The lowest BCUT2D eigenvalue weighted by molar-refractivity contribution is 1.21. The maximum atomic E-state index is 8.75. The minimum absolute atomic E-state index is 0.159. The van der Waals surface area contributed by atoms with Crippen LogP contribution in [-0.4, -0.2) is 22.9 Å². The molecule has 8 rings (SSSR count). The summed E-state index contributed by atoms with van der Waals surface area (Å²) in [4.78, 5) is 14.4. The molecule has 0 bridgehead atoms. The minimum Gasteiger partial charge on any atom is -0.282 e. The Kier molecular flexibility index (Phi) is 8.63. The van der Waals surface area contributed by atoms with Crippen molar-refractivity contribution in [2.45, 2.75) is 6.92 Å². The second-order valence-corrected chi connectivity index (χ2v) is 12.6. The predicted octanol–water partition coefficient (Wildman–Crippen LogP) is 11.6. The van der Waals surface area contributed by atoms with Crippen molar-refractivity contribution in [3.8, 4) is 33.5 Å². The lowest BCUT2D eigenvalue weighted by Gasteiger charge is -2.14. The van der Waals surface area contributed by atoms with Gasteiger partial charge in [0.1, 0.15) is 0 Å². The number of aliphatic imine (C=N–C) groups is 2. The summed E-state index contributed by atoms with van der Waals surface area (Å²) in [6, 6.07) is 60.2. The molecule has 4 heteroatoms. The van der Waals surface area contributed by atoms with Crippen LogP contribution in [-0.2, 0) is 0 Å². The van der Waals surface area contributed by atoms with Crippen LogP contribution in [0.4, 0.5) is 0 Å². The smallest absolute Gasteiger partial charge is 0.161 e. The normalized spacial score (nSPS) is 11.7. The predicted molar refractivity (Wildman–Crippen MR) is 214 cm³/mol. The molecular formula is C47H34N4. The average molecular weight is 655 g/mol. The zero-order valence-corrected chi connectivity index (χ0v) is 28.2. The molecule has 4 nitrogen and oxygen atoms in total. The van der Waals surface area contributed by atoms with E-state index in [1.54, 1.807) is 0 Å². The second-order valence-electron chi connectivity index (χ2n) is 12.6. The molecule has 1 N–H and O–H groups in total. The van der Waals surface area contributed by atoms with E-state index in [2.05, 4.69) is 97.1 Å². The highest BCUT2D eigenvalue weighted by atomic mass is 14.9. The summed E-state index contributed by atoms with van der Waals surface area (Å²) in [6.45, 7) is 2.02. The maximum absolute atomic E-state index is 8.75. The molecule has 8 aromatic rings. The Bertz CT molecular complexity index is 2590. The van der Waals surface area contributed by atoms with E-state index in [1.165, 1.54) is 21.5 Å². The Hall–Kier alpha value is -6.78. The molecule has 0 fully saturated rings. The van der Waals surface area contributed by atoms with E-state index in [-0.39, 0.29) is 5.84 Å². The molecule has 0 unspecified atom stereocenters. The first-order valence-electron chi connectivity index (χ1n) is 17.0. The highest BCUT2D eigenvalue weighted by Gasteiger charge is 2.12. The van der Waals surface area contributed by atoms with Crippen molar-refractivity contribution in [1.82, 2.24) is 4.98 Å². The van der Waals surface area contributed by atoms with Gasteiger partial charge in [0, 0.05) is 28.6 Å². The van der Waals surface area contributed by atoms with Crippen LogP contribution >= 0.6 is 0 Å². The molecule has 0 aliphatic rings. The number of aromatic nitrogens is 1. The highest BCUT2D eigenvalue weighted by Crippen LogP contribution is 2.37. The third-order valence-corrected chi connectivity index (χ3v) is 9.07. The lowest BCUT2D eigenvalue weighted by atomic mass is 9.90. The van der Waals surface area contributed by atoms with Crippen molar-refractivity contribution in [2.24, 2.45) is 9.98 Å². The zero-order chi connectivity index (χ0) is 34.6. The molecule has 0 amide bonds. The van der Waals surface area contributed by atoms with Crippen molar-refractivity contribution < 1.29 is 0 Å². The highest BCUT2D eigenvalue weighted by molar-refractivity contribution is 6.15. The van der Waals surface area contributed by atoms with Gasteiger partial charge in [-0.15, -0.1) is 0 Å². The van der Waals surface area contributed by atoms with Crippen molar-refractivity contribution in [3.05, 3.63) is 198 Å². The fourth-order valence-corrected chi connectivity index (χ4v) is 6.54. The van der Waals surface area contributed by atoms with Crippen LogP contribution in [0.1, 0.15) is 22.4 Å². The van der Waals surface area contributed by atoms with E-state index >= 15 is 0 Å². The number of hydrogen-bond donors (Lipinski definition) is 1. The fraction of sp³-hybridized carbons (Fsp3) is 0.0213. The molecule has 1 heterocycles. The van der Waals surface area contributed by atoms with Crippen molar-refractivity contribution in [3.63, 3.8) is 0 Å². The van der Waals surface area contributed by atoms with E-state index < -0.39 is 0 Å². The number of hydrogen-bond acceptors (Lipinski definition) is 2. The summed E-state index contributed by atoms with van der Waals surface area (Å²) in [5.41, 5.74) is 9.95. The Morgan fingerprint density at radius 1 is 0.529 bits per heavy atom. The fourth-order valence-electron chi connectivity index (χ4n) is 6.54.